The van der Waals surface area contributed by atoms with Crippen LogP contribution >= 0.6 is 11.3 Å². The molecule has 14 heteroatoms. The third kappa shape index (κ3) is 6.12. The van der Waals surface area contributed by atoms with Gasteiger partial charge in [0.15, 0.2) is 0 Å². The molecule has 41 heavy (non-hydrogen) atoms. The van der Waals surface area contributed by atoms with Crippen LogP contribution < -0.4 is 19.2 Å². The standard InChI is InChI=1S/C27H26F2N6O4S2/c1-16-10-18-4-3-9-30-25(18)35(16)41(38,39)33-27(37)32-22(7-5-17-11-19(28)13-20(29)12-17)26(36)34(2)21-6-8-24-23(14-21)31-15-40-24/h3-4,6,8-9,11-16,22H,5,7,10H2,1-2H3,(H2,32,33,37)/t16?,22-/m0/s1. The van der Waals surface area contributed by atoms with E-state index < -0.39 is 45.9 Å². The number of urea groups is 1. The number of thiazole rings is 1. The fourth-order valence-electron chi connectivity index (χ4n) is 4.84. The topological polar surface area (TPSA) is 125 Å². The average Bonchev–Trinajstić information content (AvgIpc) is 3.52. The molecule has 2 N–H and O–H groups in total. The summed E-state index contributed by atoms with van der Waals surface area (Å²) in [6, 6.07) is 8.85. The Morgan fingerprint density at radius 3 is 2.66 bits per heavy atom. The monoisotopic (exact) mass is 600 g/mol. The summed E-state index contributed by atoms with van der Waals surface area (Å²) in [5, 5.41) is 2.45. The molecule has 3 heterocycles. The number of carbonyl (C=O) groups excluding carboxylic acids is 2. The van der Waals surface area contributed by atoms with Gasteiger partial charge in [0.1, 0.15) is 23.5 Å². The van der Waals surface area contributed by atoms with Crippen LogP contribution in [0.15, 0.2) is 60.2 Å². The lowest BCUT2D eigenvalue weighted by Gasteiger charge is -2.26. The number of halogens is 2. The number of likely N-dealkylation sites (N-methyl/N-ethyl adjacent to an activating group) is 1. The van der Waals surface area contributed by atoms with Crippen molar-refractivity contribution in [1.29, 1.82) is 0 Å². The molecule has 0 aliphatic carbocycles. The van der Waals surface area contributed by atoms with E-state index in [1.165, 1.54) is 29.5 Å². The van der Waals surface area contributed by atoms with E-state index in [9.17, 15) is 26.8 Å². The van der Waals surface area contributed by atoms with Crippen LogP contribution in [0.5, 0.6) is 0 Å². The largest absolute Gasteiger partial charge is 0.330 e. The summed E-state index contributed by atoms with van der Waals surface area (Å²) in [6.07, 6.45) is 1.84. The Labute approximate surface area is 239 Å². The molecule has 0 saturated carbocycles. The highest BCUT2D eigenvalue weighted by molar-refractivity contribution is 7.91. The molecule has 2 aromatic carbocycles. The second-order valence-corrected chi connectivity index (χ2v) is 12.1. The van der Waals surface area contributed by atoms with E-state index >= 15 is 0 Å². The van der Waals surface area contributed by atoms with Gasteiger partial charge in [-0.25, -0.2) is 32.6 Å². The molecule has 214 valence electrons. The lowest BCUT2D eigenvalue weighted by molar-refractivity contribution is -0.120. The fraction of sp³-hybridized carbons (Fsp3) is 0.259. The van der Waals surface area contributed by atoms with Crippen LogP contribution in [0.1, 0.15) is 24.5 Å². The molecule has 2 aromatic heterocycles. The molecule has 2 atom stereocenters. The number of pyridine rings is 1. The van der Waals surface area contributed by atoms with Crippen molar-refractivity contribution in [2.75, 3.05) is 16.3 Å². The molecule has 1 unspecified atom stereocenters. The number of hydrogen-bond donors (Lipinski definition) is 2. The second kappa shape index (κ2) is 11.4. The molecule has 10 nitrogen and oxygen atoms in total. The highest BCUT2D eigenvalue weighted by Crippen LogP contribution is 2.31. The molecule has 3 amide bonds. The van der Waals surface area contributed by atoms with E-state index in [0.29, 0.717) is 17.6 Å². The number of rotatable bonds is 8. The summed E-state index contributed by atoms with van der Waals surface area (Å²) in [7, 11) is -2.87. The normalized spacial score (nSPS) is 15.4. The smallest absolute Gasteiger partial charge is 0.325 e. The van der Waals surface area contributed by atoms with Crippen LogP contribution in [0, 0.1) is 11.6 Å². The summed E-state index contributed by atoms with van der Waals surface area (Å²) in [4.78, 5) is 36.3. The number of hydrogen-bond acceptors (Lipinski definition) is 7. The van der Waals surface area contributed by atoms with Crippen molar-refractivity contribution in [2.45, 2.75) is 38.3 Å². The third-order valence-electron chi connectivity index (χ3n) is 6.75. The van der Waals surface area contributed by atoms with Crippen LogP contribution in [0.2, 0.25) is 0 Å². The minimum atomic E-state index is -4.38. The number of aromatic nitrogens is 2. The van der Waals surface area contributed by atoms with Gasteiger partial charge in [-0.3, -0.25) is 4.79 Å². The molecule has 4 aromatic rings. The third-order valence-corrected chi connectivity index (χ3v) is 9.06. The molecule has 0 spiro atoms. The number of anilines is 2. The van der Waals surface area contributed by atoms with E-state index in [-0.39, 0.29) is 24.2 Å². The summed E-state index contributed by atoms with van der Waals surface area (Å²) in [6.45, 7) is 1.69. The van der Waals surface area contributed by atoms with Gasteiger partial charge in [-0.1, -0.05) is 6.07 Å². The highest BCUT2D eigenvalue weighted by atomic mass is 32.2. The van der Waals surface area contributed by atoms with E-state index in [1.807, 2.05) is 10.8 Å². The van der Waals surface area contributed by atoms with Gasteiger partial charge in [-0.2, -0.15) is 8.42 Å². The fourth-order valence-corrected chi connectivity index (χ4v) is 6.83. The first kappa shape index (κ1) is 28.4. The Morgan fingerprint density at radius 2 is 1.90 bits per heavy atom. The zero-order chi connectivity index (χ0) is 29.3. The molecular formula is C27H26F2N6O4S2. The van der Waals surface area contributed by atoms with Gasteiger partial charge in [-0.05, 0) is 73.7 Å². The van der Waals surface area contributed by atoms with Gasteiger partial charge in [0, 0.05) is 31.0 Å². The van der Waals surface area contributed by atoms with Gasteiger partial charge in [0.25, 0.3) is 0 Å². The molecule has 1 aliphatic rings. The zero-order valence-corrected chi connectivity index (χ0v) is 23.7. The van der Waals surface area contributed by atoms with Crippen molar-refractivity contribution >= 4 is 55.2 Å². The van der Waals surface area contributed by atoms with E-state index in [1.54, 1.807) is 36.7 Å². The van der Waals surface area contributed by atoms with E-state index in [4.69, 9.17) is 0 Å². The summed E-state index contributed by atoms with van der Waals surface area (Å²) in [5.74, 6) is -1.90. The summed E-state index contributed by atoms with van der Waals surface area (Å²) in [5.41, 5.74) is 3.86. The van der Waals surface area contributed by atoms with Crippen molar-refractivity contribution in [3.63, 3.8) is 0 Å². The number of amides is 3. The maximum atomic E-state index is 13.8. The zero-order valence-electron chi connectivity index (χ0n) is 22.0. The number of aryl methyl sites for hydroxylation is 1. The first-order chi connectivity index (χ1) is 19.5. The number of benzene rings is 2. The van der Waals surface area contributed by atoms with Crippen LogP contribution in [0.25, 0.3) is 10.2 Å². The first-order valence-corrected chi connectivity index (χ1v) is 15.0. The van der Waals surface area contributed by atoms with Gasteiger partial charge in [0.05, 0.1) is 15.7 Å². The maximum Gasteiger partial charge on any atom is 0.330 e. The van der Waals surface area contributed by atoms with E-state index in [2.05, 4.69) is 15.3 Å². The van der Waals surface area contributed by atoms with Crippen LogP contribution in [0.3, 0.4) is 0 Å². The Hall–Kier alpha value is -4.17. The van der Waals surface area contributed by atoms with Gasteiger partial charge < -0.3 is 10.2 Å². The molecular weight excluding hydrogens is 574 g/mol. The predicted octanol–water partition coefficient (Wildman–Crippen LogP) is 3.93. The van der Waals surface area contributed by atoms with Gasteiger partial charge >= 0.3 is 16.2 Å². The Balaban J connectivity index is 1.36. The summed E-state index contributed by atoms with van der Waals surface area (Å²) < 4.78 is 57.9. The number of nitrogens with zero attached hydrogens (tertiary/aromatic N) is 4. The Morgan fingerprint density at radius 1 is 1.15 bits per heavy atom. The minimum absolute atomic E-state index is 0.0253. The number of nitrogens with one attached hydrogen (secondary N) is 2. The van der Waals surface area contributed by atoms with Crippen LogP contribution in [-0.4, -0.2) is 49.5 Å². The lowest BCUT2D eigenvalue weighted by Crippen LogP contribution is -2.54. The lowest BCUT2D eigenvalue weighted by atomic mass is 10.0. The van der Waals surface area contributed by atoms with Crippen molar-refractivity contribution in [2.24, 2.45) is 0 Å². The van der Waals surface area contributed by atoms with Gasteiger partial charge in [-0.15, -0.1) is 11.3 Å². The first-order valence-electron chi connectivity index (χ1n) is 12.6. The maximum absolute atomic E-state index is 13.8. The van der Waals surface area contributed by atoms with Crippen LogP contribution in [0.4, 0.5) is 25.1 Å². The molecule has 0 radical (unpaired) electrons. The number of carbonyl (C=O) groups is 2. The quantitative estimate of drug-likeness (QED) is 0.316. The number of fused-ring (bicyclic) bond motifs is 2. The minimum Gasteiger partial charge on any atom is -0.325 e. The molecule has 1 aliphatic heterocycles. The van der Waals surface area contributed by atoms with Crippen molar-refractivity contribution in [1.82, 2.24) is 20.0 Å². The van der Waals surface area contributed by atoms with Crippen molar-refractivity contribution in [3.05, 3.63) is 83.0 Å². The second-order valence-electron chi connectivity index (χ2n) is 9.69. The molecule has 0 saturated heterocycles. The van der Waals surface area contributed by atoms with Crippen molar-refractivity contribution < 1.29 is 26.8 Å². The predicted molar refractivity (Wildman–Crippen MR) is 152 cm³/mol. The highest BCUT2D eigenvalue weighted by Gasteiger charge is 2.37. The molecule has 0 fully saturated rings. The molecule has 0 bridgehead atoms. The summed E-state index contributed by atoms with van der Waals surface area (Å²) >= 11 is 1.44. The Kier molecular flexibility index (Phi) is 7.87. The van der Waals surface area contributed by atoms with Crippen molar-refractivity contribution in [3.8, 4) is 0 Å². The van der Waals surface area contributed by atoms with Crippen LogP contribution in [-0.2, 0) is 27.8 Å². The Bertz CT molecular complexity index is 1710. The van der Waals surface area contributed by atoms with Gasteiger partial charge in [0.2, 0.25) is 5.91 Å². The average molecular weight is 601 g/mol. The SMILES string of the molecule is CC1Cc2cccnc2N1S(=O)(=O)NC(=O)N[C@@H](CCc1cc(F)cc(F)c1)C(=O)N(C)c1ccc2scnc2c1. The van der Waals surface area contributed by atoms with E-state index in [0.717, 1.165) is 32.8 Å². The molecule has 5 rings (SSSR count).